The van der Waals surface area contributed by atoms with Crippen LogP contribution in [0.2, 0.25) is 0 Å². The van der Waals surface area contributed by atoms with E-state index in [-0.39, 0.29) is 47.8 Å². The molecule has 1 aromatic rings. The van der Waals surface area contributed by atoms with Crippen LogP contribution in [0.25, 0.3) is 0 Å². The molecule has 0 bridgehead atoms. The van der Waals surface area contributed by atoms with Crippen LogP contribution in [0.5, 0.6) is 0 Å². The van der Waals surface area contributed by atoms with Gasteiger partial charge in [0, 0.05) is 43.3 Å². The van der Waals surface area contributed by atoms with Crippen LogP contribution in [-0.4, -0.2) is 49.9 Å². The second-order valence-electron chi connectivity index (χ2n) is 7.82. The summed E-state index contributed by atoms with van der Waals surface area (Å²) in [4.78, 5) is 16.8. The Kier molecular flexibility index (Phi) is 12.3. The molecule has 1 aliphatic rings. The molecule has 1 aromatic carbocycles. The Hall–Kier alpha value is -1.39. The highest BCUT2D eigenvalue weighted by atomic mass is 127. The van der Waals surface area contributed by atoms with Crippen LogP contribution in [0.4, 0.5) is 5.69 Å². The maximum atomic E-state index is 12.1. The number of ether oxygens (including phenoxy) is 1. The highest BCUT2D eigenvalue weighted by Gasteiger charge is 2.34. The number of rotatable bonds is 10. The molecule has 2 unspecified atom stereocenters. The Morgan fingerprint density at radius 2 is 2.13 bits per heavy atom. The van der Waals surface area contributed by atoms with E-state index in [0.717, 1.165) is 49.6 Å². The van der Waals surface area contributed by atoms with Gasteiger partial charge < -0.3 is 25.8 Å². The fraction of sp³-hybridized carbons (Fsp3) is 0.636. The number of carbonyl (C=O) groups is 1. The van der Waals surface area contributed by atoms with E-state index in [9.17, 15) is 9.90 Å². The van der Waals surface area contributed by atoms with E-state index in [0.29, 0.717) is 19.7 Å². The maximum Gasteiger partial charge on any atom is 0.227 e. The van der Waals surface area contributed by atoms with Crippen molar-refractivity contribution in [2.24, 2.45) is 16.3 Å². The van der Waals surface area contributed by atoms with Crippen LogP contribution in [0.1, 0.15) is 45.6 Å². The van der Waals surface area contributed by atoms with E-state index in [1.165, 1.54) is 0 Å². The average molecular weight is 532 g/mol. The molecule has 2 rings (SSSR count). The summed E-state index contributed by atoms with van der Waals surface area (Å²) in [7, 11) is 0. The maximum absolute atomic E-state index is 12.1. The van der Waals surface area contributed by atoms with Gasteiger partial charge in [0.25, 0.3) is 0 Å². The Morgan fingerprint density at radius 1 is 1.33 bits per heavy atom. The van der Waals surface area contributed by atoms with Gasteiger partial charge in [-0.3, -0.25) is 4.79 Å². The van der Waals surface area contributed by atoms with Gasteiger partial charge in [-0.05, 0) is 43.9 Å². The first-order chi connectivity index (χ1) is 14.0. The SMILES string of the molecule is CCNC(=NCc1cccc(NC(=O)C(C)CC)c1)NCC1(CCO)CCOC1.I. The average Bonchev–Trinajstić information content (AvgIpc) is 3.18. The van der Waals surface area contributed by atoms with Crippen molar-refractivity contribution < 1.29 is 14.6 Å². The molecule has 1 fully saturated rings. The van der Waals surface area contributed by atoms with Crippen molar-refractivity contribution >= 4 is 41.5 Å². The zero-order valence-electron chi connectivity index (χ0n) is 18.4. The Morgan fingerprint density at radius 3 is 2.77 bits per heavy atom. The number of anilines is 1. The van der Waals surface area contributed by atoms with Gasteiger partial charge in [0.2, 0.25) is 5.91 Å². The minimum Gasteiger partial charge on any atom is -0.396 e. The number of benzene rings is 1. The molecule has 170 valence electrons. The number of hydrogen-bond donors (Lipinski definition) is 4. The first-order valence-electron chi connectivity index (χ1n) is 10.6. The van der Waals surface area contributed by atoms with Gasteiger partial charge in [-0.2, -0.15) is 0 Å². The first-order valence-corrected chi connectivity index (χ1v) is 10.6. The number of amides is 1. The van der Waals surface area contributed by atoms with Gasteiger partial charge >= 0.3 is 0 Å². The third-order valence-electron chi connectivity index (χ3n) is 5.48. The van der Waals surface area contributed by atoms with Crippen LogP contribution in [0, 0.1) is 11.3 Å². The smallest absolute Gasteiger partial charge is 0.227 e. The van der Waals surface area contributed by atoms with E-state index in [1.54, 1.807) is 0 Å². The number of aliphatic hydroxyl groups excluding tert-OH is 1. The lowest BCUT2D eigenvalue weighted by molar-refractivity contribution is -0.119. The van der Waals surface area contributed by atoms with E-state index in [2.05, 4.69) is 20.9 Å². The van der Waals surface area contributed by atoms with E-state index < -0.39 is 0 Å². The van der Waals surface area contributed by atoms with Crippen molar-refractivity contribution in [3.05, 3.63) is 29.8 Å². The summed E-state index contributed by atoms with van der Waals surface area (Å²) in [6, 6.07) is 7.80. The number of aliphatic imine (C=N–C) groups is 1. The lowest BCUT2D eigenvalue weighted by Gasteiger charge is -2.27. The second-order valence-corrected chi connectivity index (χ2v) is 7.82. The molecule has 0 spiro atoms. The van der Waals surface area contributed by atoms with E-state index >= 15 is 0 Å². The summed E-state index contributed by atoms with van der Waals surface area (Å²) in [6.45, 7) is 9.52. The molecule has 7 nitrogen and oxygen atoms in total. The number of guanidine groups is 1. The number of nitrogens with one attached hydrogen (secondary N) is 3. The molecule has 2 atom stereocenters. The molecule has 0 radical (unpaired) electrons. The molecule has 1 saturated heterocycles. The normalized spacial score (nSPS) is 19.7. The van der Waals surface area contributed by atoms with Crippen LogP contribution < -0.4 is 16.0 Å². The Balaban J connectivity index is 0.00000450. The van der Waals surface area contributed by atoms with Gasteiger partial charge in [0.05, 0.1) is 13.2 Å². The lowest BCUT2D eigenvalue weighted by atomic mass is 9.84. The minimum atomic E-state index is -0.0366. The molecule has 0 aromatic heterocycles. The van der Waals surface area contributed by atoms with E-state index in [4.69, 9.17) is 4.74 Å². The molecule has 1 aliphatic heterocycles. The van der Waals surface area contributed by atoms with Gasteiger partial charge in [0.1, 0.15) is 0 Å². The Bertz CT molecular complexity index is 678. The predicted molar refractivity (Wildman–Crippen MR) is 132 cm³/mol. The van der Waals surface area contributed by atoms with Gasteiger partial charge in [0.15, 0.2) is 5.96 Å². The number of carbonyl (C=O) groups excluding carboxylic acids is 1. The number of aliphatic hydroxyl groups is 1. The monoisotopic (exact) mass is 532 g/mol. The van der Waals surface area contributed by atoms with Crippen molar-refractivity contribution in [1.82, 2.24) is 10.6 Å². The van der Waals surface area contributed by atoms with Crippen LogP contribution >= 0.6 is 24.0 Å². The summed E-state index contributed by atoms with van der Waals surface area (Å²) in [5.41, 5.74) is 1.79. The predicted octanol–water partition coefficient (Wildman–Crippen LogP) is 3.13. The molecular weight excluding hydrogens is 495 g/mol. The van der Waals surface area contributed by atoms with Crippen molar-refractivity contribution in [1.29, 1.82) is 0 Å². The molecular formula is C22H37IN4O3. The van der Waals surface area contributed by atoms with E-state index in [1.807, 2.05) is 45.0 Å². The topological polar surface area (TPSA) is 95.0 Å². The van der Waals surface area contributed by atoms with Crippen LogP contribution in [0.15, 0.2) is 29.3 Å². The van der Waals surface area contributed by atoms with Crippen molar-refractivity contribution in [2.45, 2.75) is 46.6 Å². The Labute approximate surface area is 197 Å². The zero-order valence-corrected chi connectivity index (χ0v) is 20.7. The quantitative estimate of drug-likeness (QED) is 0.211. The summed E-state index contributed by atoms with van der Waals surface area (Å²) < 4.78 is 5.56. The number of halogens is 1. The number of nitrogens with zero attached hydrogens (tertiary/aromatic N) is 1. The molecule has 1 heterocycles. The summed E-state index contributed by atoms with van der Waals surface area (Å²) in [5.74, 6) is 0.772. The number of hydrogen-bond acceptors (Lipinski definition) is 4. The van der Waals surface area contributed by atoms with Gasteiger partial charge in [-0.15, -0.1) is 24.0 Å². The minimum absolute atomic E-state index is 0. The third kappa shape index (κ3) is 8.39. The second kappa shape index (κ2) is 13.8. The highest BCUT2D eigenvalue weighted by Crippen LogP contribution is 2.31. The van der Waals surface area contributed by atoms with Gasteiger partial charge in [-0.25, -0.2) is 4.99 Å². The molecule has 0 saturated carbocycles. The summed E-state index contributed by atoms with van der Waals surface area (Å²) in [5, 5.41) is 19.0. The molecule has 0 aliphatic carbocycles. The van der Waals surface area contributed by atoms with Crippen molar-refractivity contribution in [3.8, 4) is 0 Å². The summed E-state index contributed by atoms with van der Waals surface area (Å²) >= 11 is 0. The van der Waals surface area contributed by atoms with Crippen molar-refractivity contribution in [3.63, 3.8) is 0 Å². The van der Waals surface area contributed by atoms with Crippen molar-refractivity contribution in [2.75, 3.05) is 38.2 Å². The van der Waals surface area contributed by atoms with Gasteiger partial charge in [-0.1, -0.05) is 26.0 Å². The fourth-order valence-electron chi connectivity index (χ4n) is 3.29. The fourth-order valence-corrected chi connectivity index (χ4v) is 3.29. The molecule has 4 N–H and O–H groups in total. The lowest BCUT2D eigenvalue weighted by Crippen LogP contribution is -2.44. The largest absolute Gasteiger partial charge is 0.396 e. The third-order valence-corrected chi connectivity index (χ3v) is 5.48. The standard InChI is InChI=1S/C22H36N4O3.HI/c1-4-17(3)20(28)26-19-8-6-7-18(13-19)14-24-21(23-5-2)25-15-22(9-11-27)10-12-29-16-22;/h6-8,13,17,27H,4-5,9-12,14-16H2,1-3H3,(H,26,28)(H2,23,24,25);1H. The van der Waals surface area contributed by atoms with Crippen LogP contribution in [0.3, 0.4) is 0 Å². The molecule has 8 heteroatoms. The van der Waals surface area contributed by atoms with Crippen LogP contribution in [-0.2, 0) is 16.1 Å². The zero-order chi connectivity index (χ0) is 21.1. The highest BCUT2D eigenvalue weighted by molar-refractivity contribution is 14.0. The molecule has 30 heavy (non-hydrogen) atoms. The summed E-state index contributed by atoms with van der Waals surface area (Å²) in [6.07, 6.45) is 2.48. The first kappa shape index (κ1) is 26.6. The molecule has 1 amide bonds.